The first-order chi connectivity index (χ1) is 9.86. The molecule has 0 aromatic heterocycles. The van der Waals surface area contributed by atoms with Crippen LogP contribution in [0.15, 0.2) is 0 Å². The molecule has 1 unspecified atom stereocenters. The van der Waals surface area contributed by atoms with E-state index < -0.39 is 0 Å². The summed E-state index contributed by atoms with van der Waals surface area (Å²) >= 11 is 1.96. The van der Waals surface area contributed by atoms with Gasteiger partial charge in [-0.2, -0.15) is 11.8 Å². The normalized spacial score (nSPS) is 14.3. The lowest BCUT2D eigenvalue weighted by Crippen LogP contribution is -2.37. The van der Waals surface area contributed by atoms with Crippen LogP contribution >= 0.6 is 11.8 Å². The van der Waals surface area contributed by atoms with E-state index in [0.29, 0.717) is 17.1 Å². The zero-order valence-electron chi connectivity index (χ0n) is 16.3. The number of amides is 1. The molecule has 0 saturated carbocycles. The van der Waals surface area contributed by atoms with Gasteiger partial charge in [-0.1, -0.05) is 48.0 Å². The predicted octanol–water partition coefficient (Wildman–Crippen LogP) is 3.98. The van der Waals surface area contributed by atoms with Gasteiger partial charge >= 0.3 is 0 Å². The first-order valence-corrected chi connectivity index (χ1v) is 9.41. The summed E-state index contributed by atoms with van der Waals surface area (Å²) in [5.41, 5.74) is 0.494. The molecule has 4 heteroatoms. The lowest BCUT2D eigenvalue weighted by molar-refractivity contribution is -0.131. The molecule has 0 N–H and O–H groups in total. The number of thioether (sulfide) groups is 1. The second-order valence-corrected chi connectivity index (χ2v) is 10.0. The van der Waals surface area contributed by atoms with Crippen molar-refractivity contribution in [3.63, 3.8) is 0 Å². The van der Waals surface area contributed by atoms with Gasteiger partial charge in [0.05, 0.1) is 0 Å². The van der Waals surface area contributed by atoms with E-state index in [-0.39, 0.29) is 11.3 Å². The highest BCUT2D eigenvalue weighted by Crippen LogP contribution is 2.29. The Hall–Kier alpha value is -0.220. The summed E-state index contributed by atoms with van der Waals surface area (Å²) < 4.78 is 0. The zero-order chi connectivity index (χ0) is 17.6. The minimum absolute atomic E-state index is 0.152. The summed E-state index contributed by atoms with van der Waals surface area (Å²) in [5, 5.41) is 0.371. The van der Waals surface area contributed by atoms with Crippen LogP contribution in [0, 0.1) is 10.8 Å². The van der Waals surface area contributed by atoms with E-state index in [1.54, 1.807) is 0 Å². The van der Waals surface area contributed by atoms with Gasteiger partial charge in [0, 0.05) is 31.8 Å². The van der Waals surface area contributed by atoms with Crippen molar-refractivity contribution in [3.8, 4) is 0 Å². The van der Waals surface area contributed by atoms with Crippen molar-refractivity contribution in [2.24, 2.45) is 10.8 Å². The van der Waals surface area contributed by atoms with Crippen LogP contribution in [0.2, 0.25) is 0 Å². The van der Waals surface area contributed by atoms with Crippen molar-refractivity contribution < 1.29 is 4.79 Å². The molecule has 0 aliphatic rings. The van der Waals surface area contributed by atoms with Crippen LogP contribution in [-0.2, 0) is 4.79 Å². The quantitative estimate of drug-likeness (QED) is 0.639. The summed E-state index contributed by atoms with van der Waals surface area (Å²) in [4.78, 5) is 16.6. The van der Waals surface area contributed by atoms with E-state index in [4.69, 9.17) is 0 Å². The number of rotatable bonds is 9. The SMILES string of the molecule is CCC(C)(C)CSC(CC(=O)N(C)CC(C)(C)C)CN(C)C. The summed E-state index contributed by atoms with van der Waals surface area (Å²) in [6, 6.07) is 0. The van der Waals surface area contributed by atoms with Crippen LogP contribution in [0.3, 0.4) is 0 Å². The van der Waals surface area contributed by atoms with Gasteiger partial charge in [-0.05, 0) is 30.7 Å². The number of nitrogens with zero attached hydrogens (tertiary/aromatic N) is 2. The standard InChI is InChI=1S/C18H38N2OS/c1-10-18(5,6)14-22-15(12-19(7)8)11-16(21)20(9)13-17(2,3)4/h15H,10-14H2,1-9H3. The lowest BCUT2D eigenvalue weighted by Gasteiger charge is -2.30. The van der Waals surface area contributed by atoms with Crippen molar-refractivity contribution >= 4 is 17.7 Å². The van der Waals surface area contributed by atoms with E-state index in [1.165, 1.54) is 6.42 Å². The first kappa shape index (κ1) is 21.8. The number of carbonyl (C=O) groups excluding carboxylic acids is 1. The third kappa shape index (κ3) is 10.5. The average Bonchev–Trinajstić information content (AvgIpc) is 2.33. The summed E-state index contributed by atoms with van der Waals surface area (Å²) in [7, 11) is 6.10. The van der Waals surface area contributed by atoms with E-state index in [2.05, 4.69) is 60.5 Å². The van der Waals surface area contributed by atoms with Crippen molar-refractivity contribution in [2.75, 3.05) is 40.0 Å². The van der Waals surface area contributed by atoms with Crippen LogP contribution in [0.1, 0.15) is 54.4 Å². The fraction of sp³-hybridized carbons (Fsp3) is 0.944. The Morgan fingerprint density at radius 1 is 1.09 bits per heavy atom. The Bertz CT molecular complexity index is 334. The molecule has 1 amide bonds. The fourth-order valence-electron chi connectivity index (χ4n) is 2.18. The molecule has 0 saturated heterocycles. The number of hydrogen-bond donors (Lipinski definition) is 0. The maximum Gasteiger partial charge on any atom is 0.223 e. The van der Waals surface area contributed by atoms with E-state index in [1.807, 2.05) is 23.7 Å². The first-order valence-electron chi connectivity index (χ1n) is 8.36. The molecule has 0 heterocycles. The van der Waals surface area contributed by atoms with Crippen molar-refractivity contribution in [3.05, 3.63) is 0 Å². The molecule has 0 radical (unpaired) electrons. The van der Waals surface area contributed by atoms with E-state index in [9.17, 15) is 4.79 Å². The summed E-state index contributed by atoms with van der Waals surface area (Å²) in [6.07, 6.45) is 1.81. The molecule has 0 spiro atoms. The van der Waals surface area contributed by atoms with Gasteiger partial charge in [0.25, 0.3) is 0 Å². The van der Waals surface area contributed by atoms with Crippen LogP contribution in [0.4, 0.5) is 0 Å². The molecule has 0 bridgehead atoms. The third-order valence-corrected chi connectivity index (χ3v) is 5.51. The molecular formula is C18H38N2OS. The molecule has 0 aromatic carbocycles. The van der Waals surface area contributed by atoms with Crippen LogP contribution < -0.4 is 0 Å². The highest BCUT2D eigenvalue weighted by atomic mass is 32.2. The molecule has 132 valence electrons. The van der Waals surface area contributed by atoms with Crippen molar-refractivity contribution in [2.45, 2.75) is 59.6 Å². The lowest BCUT2D eigenvalue weighted by atomic mass is 9.93. The molecule has 0 aromatic rings. The Labute approximate surface area is 143 Å². The van der Waals surface area contributed by atoms with Crippen LogP contribution in [0.25, 0.3) is 0 Å². The molecule has 0 aliphatic carbocycles. The highest BCUT2D eigenvalue weighted by Gasteiger charge is 2.24. The Morgan fingerprint density at radius 2 is 1.64 bits per heavy atom. The van der Waals surface area contributed by atoms with Gasteiger partial charge in [-0.3, -0.25) is 4.79 Å². The summed E-state index contributed by atoms with van der Waals surface area (Å²) in [6.45, 7) is 15.1. The summed E-state index contributed by atoms with van der Waals surface area (Å²) in [5.74, 6) is 1.38. The Balaban J connectivity index is 4.61. The van der Waals surface area contributed by atoms with Gasteiger partial charge in [0.2, 0.25) is 5.91 Å². The molecular weight excluding hydrogens is 292 g/mol. The fourth-order valence-corrected chi connectivity index (χ4v) is 3.73. The molecule has 0 aliphatic heterocycles. The topological polar surface area (TPSA) is 23.6 Å². The minimum atomic E-state index is 0.152. The van der Waals surface area contributed by atoms with Gasteiger partial charge in [-0.15, -0.1) is 0 Å². The number of hydrogen-bond acceptors (Lipinski definition) is 3. The van der Waals surface area contributed by atoms with Crippen LogP contribution in [-0.4, -0.2) is 60.9 Å². The van der Waals surface area contributed by atoms with Gasteiger partial charge in [0.1, 0.15) is 0 Å². The number of carbonyl (C=O) groups is 1. The van der Waals surface area contributed by atoms with Crippen molar-refractivity contribution in [1.82, 2.24) is 9.80 Å². The monoisotopic (exact) mass is 330 g/mol. The largest absolute Gasteiger partial charge is 0.345 e. The second-order valence-electron chi connectivity index (χ2n) is 8.73. The Morgan fingerprint density at radius 3 is 2.05 bits per heavy atom. The maximum atomic E-state index is 12.5. The minimum Gasteiger partial charge on any atom is -0.345 e. The van der Waals surface area contributed by atoms with E-state index in [0.717, 1.165) is 18.8 Å². The molecule has 0 fully saturated rings. The predicted molar refractivity (Wildman–Crippen MR) is 101 cm³/mol. The van der Waals surface area contributed by atoms with Crippen molar-refractivity contribution in [1.29, 1.82) is 0 Å². The van der Waals surface area contributed by atoms with Gasteiger partial charge < -0.3 is 9.80 Å². The second kappa shape index (κ2) is 9.17. The maximum absolute atomic E-state index is 12.5. The Kier molecular flexibility index (Phi) is 9.08. The van der Waals surface area contributed by atoms with Gasteiger partial charge in [-0.25, -0.2) is 0 Å². The zero-order valence-corrected chi connectivity index (χ0v) is 17.1. The molecule has 1 atom stereocenters. The van der Waals surface area contributed by atoms with Gasteiger partial charge in [0.15, 0.2) is 0 Å². The highest BCUT2D eigenvalue weighted by molar-refractivity contribution is 8.00. The smallest absolute Gasteiger partial charge is 0.223 e. The van der Waals surface area contributed by atoms with E-state index >= 15 is 0 Å². The molecule has 22 heavy (non-hydrogen) atoms. The molecule has 0 rings (SSSR count). The molecule has 3 nitrogen and oxygen atoms in total. The third-order valence-electron chi connectivity index (χ3n) is 3.78. The van der Waals surface area contributed by atoms with Crippen LogP contribution in [0.5, 0.6) is 0 Å². The average molecular weight is 331 g/mol.